The Hall–Kier alpha value is -2.30. The Morgan fingerprint density at radius 1 is 1.16 bits per heavy atom. The highest BCUT2D eigenvalue weighted by Crippen LogP contribution is 2.59. The van der Waals surface area contributed by atoms with Crippen LogP contribution in [0.3, 0.4) is 0 Å². The van der Waals surface area contributed by atoms with Gasteiger partial charge in [0.25, 0.3) is 0 Å². The van der Waals surface area contributed by atoms with Crippen molar-refractivity contribution in [2.75, 3.05) is 0 Å². The Labute approximate surface area is 192 Å². The quantitative estimate of drug-likeness (QED) is 0.494. The van der Waals surface area contributed by atoms with Crippen molar-refractivity contribution in [1.29, 1.82) is 0 Å². The number of benzene rings is 2. The van der Waals surface area contributed by atoms with Crippen LogP contribution >= 0.6 is 23.2 Å². The number of amides is 1. The van der Waals surface area contributed by atoms with Gasteiger partial charge in [0.1, 0.15) is 6.26 Å². The van der Waals surface area contributed by atoms with Crippen molar-refractivity contribution < 1.29 is 9.21 Å². The minimum absolute atomic E-state index is 0.0892. The van der Waals surface area contributed by atoms with Crippen LogP contribution in [0.5, 0.6) is 0 Å². The van der Waals surface area contributed by atoms with Gasteiger partial charge in [-0.2, -0.15) is 0 Å². The van der Waals surface area contributed by atoms with E-state index in [1.807, 2.05) is 24.3 Å². The lowest BCUT2D eigenvalue weighted by Gasteiger charge is -2.46. The number of nitrogens with zero attached hydrogens (tertiary/aromatic N) is 1. The summed E-state index contributed by atoms with van der Waals surface area (Å²) in [6.07, 6.45) is 4.90. The fourth-order valence-electron chi connectivity index (χ4n) is 5.84. The molecule has 1 aliphatic carbocycles. The lowest BCUT2D eigenvalue weighted by atomic mass is 9.56. The predicted molar refractivity (Wildman–Crippen MR) is 122 cm³/mol. The number of oxazole rings is 1. The van der Waals surface area contributed by atoms with Crippen LogP contribution in [0.25, 0.3) is 11.5 Å². The topological polar surface area (TPSA) is 55.1 Å². The van der Waals surface area contributed by atoms with Gasteiger partial charge >= 0.3 is 0 Å². The van der Waals surface area contributed by atoms with E-state index >= 15 is 0 Å². The standard InChI is InChI=1S/C25H24Cl2N2O2/c1-14-22-21(15-3-6-17(26)7-4-15)19(9-10-25(22,2)24(30)29-14)18-8-5-16(13-20(18)27)23-28-11-12-31-23/h3-8,11-14,19,21-22H,9-10H2,1-2H3,(H,29,30)/t14-,19+,21+,22+,25-/m1/s1. The predicted octanol–water partition coefficient (Wildman–Crippen LogP) is 6.45. The molecule has 31 heavy (non-hydrogen) atoms. The monoisotopic (exact) mass is 454 g/mol. The molecule has 1 aromatic heterocycles. The van der Waals surface area contributed by atoms with E-state index in [1.54, 1.807) is 12.5 Å². The Kier molecular flexibility index (Phi) is 5.10. The molecule has 2 aromatic carbocycles. The first-order valence-corrected chi connectivity index (χ1v) is 11.4. The first-order valence-electron chi connectivity index (χ1n) is 10.6. The summed E-state index contributed by atoms with van der Waals surface area (Å²) in [6.45, 7) is 4.23. The van der Waals surface area contributed by atoms with E-state index in [2.05, 4.69) is 42.3 Å². The molecule has 2 heterocycles. The molecule has 160 valence electrons. The zero-order valence-electron chi connectivity index (χ0n) is 17.4. The Balaban J connectivity index is 1.60. The van der Waals surface area contributed by atoms with Crippen molar-refractivity contribution in [2.24, 2.45) is 11.3 Å². The van der Waals surface area contributed by atoms with E-state index in [0.717, 1.165) is 24.0 Å². The second-order valence-electron chi connectivity index (χ2n) is 9.00. The Morgan fingerprint density at radius 3 is 2.61 bits per heavy atom. The number of halogens is 2. The molecule has 1 saturated carbocycles. The average molecular weight is 455 g/mol. The van der Waals surface area contributed by atoms with E-state index in [4.69, 9.17) is 27.6 Å². The van der Waals surface area contributed by atoms with E-state index in [9.17, 15) is 4.79 Å². The maximum absolute atomic E-state index is 12.9. The van der Waals surface area contributed by atoms with Gasteiger partial charge in [0.15, 0.2) is 0 Å². The summed E-state index contributed by atoms with van der Waals surface area (Å²) in [5.74, 6) is 1.23. The molecule has 2 aliphatic rings. The van der Waals surface area contributed by atoms with Gasteiger partial charge in [0.05, 0.1) is 11.6 Å². The van der Waals surface area contributed by atoms with Crippen LogP contribution in [0.1, 0.15) is 49.7 Å². The molecule has 0 spiro atoms. The molecule has 0 radical (unpaired) electrons. The number of hydrogen-bond donors (Lipinski definition) is 1. The summed E-state index contributed by atoms with van der Waals surface area (Å²) >= 11 is 13.0. The first-order chi connectivity index (χ1) is 14.9. The van der Waals surface area contributed by atoms with Crippen molar-refractivity contribution in [3.63, 3.8) is 0 Å². The fraction of sp³-hybridized carbons (Fsp3) is 0.360. The molecular weight excluding hydrogens is 431 g/mol. The molecule has 5 rings (SSSR count). The maximum atomic E-state index is 12.9. The Morgan fingerprint density at radius 2 is 1.94 bits per heavy atom. The molecule has 3 aromatic rings. The van der Waals surface area contributed by atoms with Crippen LogP contribution in [0, 0.1) is 11.3 Å². The van der Waals surface area contributed by atoms with Crippen molar-refractivity contribution in [1.82, 2.24) is 10.3 Å². The van der Waals surface area contributed by atoms with Gasteiger partial charge in [-0.3, -0.25) is 4.79 Å². The van der Waals surface area contributed by atoms with Gasteiger partial charge in [-0.05, 0) is 67.0 Å². The van der Waals surface area contributed by atoms with Crippen LogP contribution in [0.2, 0.25) is 10.0 Å². The van der Waals surface area contributed by atoms with Crippen molar-refractivity contribution in [2.45, 2.75) is 44.6 Å². The number of carbonyl (C=O) groups excluding carboxylic acids is 1. The lowest BCUT2D eigenvalue weighted by Crippen LogP contribution is -2.42. The van der Waals surface area contributed by atoms with Crippen LogP contribution < -0.4 is 5.32 Å². The second kappa shape index (κ2) is 7.68. The van der Waals surface area contributed by atoms with Crippen molar-refractivity contribution in [3.05, 3.63) is 76.1 Å². The largest absolute Gasteiger partial charge is 0.445 e. The summed E-state index contributed by atoms with van der Waals surface area (Å²) in [6, 6.07) is 14.2. The highest BCUT2D eigenvalue weighted by molar-refractivity contribution is 6.31. The van der Waals surface area contributed by atoms with Crippen molar-refractivity contribution in [3.8, 4) is 11.5 Å². The van der Waals surface area contributed by atoms with E-state index in [1.165, 1.54) is 5.56 Å². The fourth-order valence-corrected chi connectivity index (χ4v) is 6.28. The lowest BCUT2D eigenvalue weighted by molar-refractivity contribution is -0.129. The molecule has 4 nitrogen and oxygen atoms in total. The number of nitrogens with one attached hydrogen (secondary N) is 1. The minimum Gasteiger partial charge on any atom is -0.445 e. The molecule has 5 atom stereocenters. The van der Waals surface area contributed by atoms with Crippen LogP contribution in [-0.4, -0.2) is 16.9 Å². The molecule has 1 N–H and O–H groups in total. The van der Waals surface area contributed by atoms with E-state index in [-0.39, 0.29) is 35.1 Å². The Bertz CT molecular complexity index is 1110. The molecule has 0 bridgehead atoms. The zero-order valence-corrected chi connectivity index (χ0v) is 19.0. The van der Waals surface area contributed by atoms with Crippen LogP contribution in [-0.2, 0) is 4.79 Å². The highest BCUT2D eigenvalue weighted by Gasteiger charge is 2.57. The number of rotatable bonds is 3. The summed E-state index contributed by atoms with van der Waals surface area (Å²) in [7, 11) is 0. The average Bonchev–Trinajstić information content (AvgIpc) is 3.36. The summed E-state index contributed by atoms with van der Waals surface area (Å²) in [4.78, 5) is 17.1. The van der Waals surface area contributed by atoms with Gasteiger partial charge in [-0.25, -0.2) is 4.98 Å². The minimum atomic E-state index is -0.384. The summed E-state index contributed by atoms with van der Waals surface area (Å²) < 4.78 is 5.43. The number of carbonyl (C=O) groups is 1. The molecule has 1 saturated heterocycles. The molecule has 0 unspecified atom stereocenters. The van der Waals surface area contributed by atoms with Gasteiger partial charge in [0, 0.05) is 27.6 Å². The smallest absolute Gasteiger partial charge is 0.226 e. The third-order valence-corrected chi connectivity index (χ3v) is 7.86. The highest BCUT2D eigenvalue weighted by atomic mass is 35.5. The summed E-state index contributed by atoms with van der Waals surface area (Å²) in [5, 5.41) is 4.62. The van der Waals surface area contributed by atoms with Crippen LogP contribution in [0.4, 0.5) is 0 Å². The molecule has 6 heteroatoms. The van der Waals surface area contributed by atoms with Gasteiger partial charge < -0.3 is 9.73 Å². The second-order valence-corrected chi connectivity index (χ2v) is 9.85. The third kappa shape index (κ3) is 3.37. The molecule has 2 fully saturated rings. The van der Waals surface area contributed by atoms with Gasteiger partial charge in [0.2, 0.25) is 11.8 Å². The van der Waals surface area contributed by atoms with Crippen LogP contribution in [0.15, 0.2) is 59.3 Å². The van der Waals surface area contributed by atoms with Gasteiger partial charge in [-0.1, -0.05) is 48.3 Å². The normalized spacial score (nSPS) is 30.1. The number of hydrogen-bond acceptors (Lipinski definition) is 3. The number of aromatic nitrogens is 1. The molecular formula is C25H24Cl2N2O2. The third-order valence-electron chi connectivity index (χ3n) is 7.28. The molecule has 1 aliphatic heterocycles. The SMILES string of the molecule is C[C@H]1NC(=O)[C@]2(C)CC[C@@H](c3ccc(-c4ncco4)cc3Cl)[C@H](c3ccc(Cl)cc3)[C@H]12. The first kappa shape index (κ1) is 20.6. The molecule has 1 amide bonds. The van der Waals surface area contributed by atoms with Crippen molar-refractivity contribution >= 4 is 29.1 Å². The number of fused-ring (bicyclic) bond motifs is 1. The van der Waals surface area contributed by atoms with E-state index < -0.39 is 0 Å². The zero-order chi connectivity index (χ0) is 21.8. The van der Waals surface area contributed by atoms with Gasteiger partial charge in [-0.15, -0.1) is 0 Å². The summed E-state index contributed by atoms with van der Waals surface area (Å²) in [5.41, 5.74) is 2.77. The van der Waals surface area contributed by atoms with E-state index in [0.29, 0.717) is 15.9 Å². The maximum Gasteiger partial charge on any atom is 0.226 e.